The first-order valence-corrected chi connectivity index (χ1v) is 9.45. The summed E-state index contributed by atoms with van der Waals surface area (Å²) in [5.41, 5.74) is 7.09. The Balaban J connectivity index is 1.89. The van der Waals surface area contributed by atoms with Gasteiger partial charge >= 0.3 is 0 Å². The van der Waals surface area contributed by atoms with Gasteiger partial charge < -0.3 is 10.6 Å². The van der Waals surface area contributed by atoms with Crippen LogP contribution < -0.4 is 5.73 Å². The van der Waals surface area contributed by atoms with Crippen molar-refractivity contribution < 1.29 is 4.79 Å². The smallest absolute Gasteiger partial charge is 0.233 e. The van der Waals surface area contributed by atoms with E-state index in [-0.39, 0.29) is 16.9 Å². The van der Waals surface area contributed by atoms with Gasteiger partial charge in [0.15, 0.2) is 0 Å². The van der Waals surface area contributed by atoms with Crippen LogP contribution in [0.2, 0.25) is 0 Å². The molecule has 3 nitrogen and oxygen atoms in total. The number of amides is 1. The summed E-state index contributed by atoms with van der Waals surface area (Å²) in [6.07, 6.45) is 5.11. The number of hydrogen-bond acceptors (Lipinski definition) is 2. The van der Waals surface area contributed by atoms with E-state index in [1.165, 1.54) is 5.56 Å². The molecule has 2 fully saturated rings. The van der Waals surface area contributed by atoms with E-state index < -0.39 is 0 Å². The summed E-state index contributed by atoms with van der Waals surface area (Å²) in [5.74, 6) is 0.317. The van der Waals surface area contributed by atoms with Crippen molar-refractivity contribution in [2.75, 3.05) is 13.1 Å². The number of carbonyl (C=O) groups excluding carboxylic acids is 1. The van der Waals surface area contributed by atoms with Crippen molar-refractivity contribution in [1.82, 2.24) is 4.90 Å². The van der Waals surface area contributed by atoms with Crippen molar-refractivity contribution in [2.45, 2.75) is 57.4 Å². The minimum absolute atomic E-state index is 0.00653. The molecule has 1 amide bonds. The zero-order chi connectivity index (χ0) is 16.7. The van der Waals surface area contributed by atoms with Crippen LogP contribution in [0, 0.1) is 5.41 Å². The van der Waals surface area contributed by atoms with Gasteiger partial charge in [-0.25, -0.2) is 0 Å². The van der Waals surface area contributed by atoms with Crippen molar-refractivity contribution >= 4 is 21.8 Å². The molecule has 1 atom stereocenters. The lowest BCUT2D eigenvalue weighted by Gasteiger charge is -2.45. The number of hydrogen-bond donors (Lipinski definition) is 1. The third kappa shape index (κ3) is 3.08. The molecule has 126 valence electrons. The second-order valence-corrected chi connectivity index (χ2v) is 8.82. The molecule has 2 aliphatic rings. The van der Waals surface area contributed by atoms with Crippen molar-refractivity contribution in [3.63, 3.8) is 0 Å². The van der Waals surface area contributed by atoms with Gasteiger partial charge in [0.25, 0.3) is 0 Å². The number of benzene rings is 1. The molecule has 0 aromatic heterocycles. The van der Waals surface area contributed by atoms with Crippen molar-refractivity contribution in [1.29, 1.82) is 0 Å². The van der Waals surface area contributed by atoms with E-state index in [1.54, 1.807) is 0 Å². The van der Waals surface area contributed by atoms with E-state index in [0.717, 1.165) is 49.7 Å². The Kier molecular flexibility index (Phi) is 4.58. The summed E-state index contributed by atoms with van der Waals surface area (Å²) in [4.78, 5) is 15.6. The van der Waals surface area contributed by atoms with Gasteiger partial charge in [-0.05, 0) is 42.4 Å². The Hall–Kier alpha value is -0.870. The molecule has 4 heteroatoms. The summed E-state index contributed by atoms with van der Waals surface area (Å²) >= 11 is 3.50. The van der Waals surface area contributed by atoms with E-state index in [4.69, 9.17) is 5.73 Å². The highest BCUT2D eigenvalue weighted by molar-refractivity contribution is 9.10. The Labute approximate surface area is 147 Å². The number of nitrogens with two attached hydrogens (primary N) is 1. The van der Waals surface area contributed by atoms with Crippen LogP contribution >= 0.6 is 15.9 Å². The average molecular weight is 379 g/mol. The SMILES string of the molecule is CC1(C)CN(C(=O)C2(c3ccc(Br)cc3)CCCC2)CCC1N. The van der Waals surface area contributed by atoms with Crippen LogP contribution in [0.15, 0.2) is 28.7 Å². The second kappa shape index (κ2) is 6.21. The molecule has 23 heavy (non-hydrogen) atoms. The molecule has 1 saturated carbocycles. The van der Waals surface area contributed by atoms with Crippen LogP contribution in [-0.4, -0.2) is 29.9 Å². The minimum Gasteiger partial charge on any atom is -0.341 e. The predicted molar refractivity (Wildman–Crippen MR) is 97.2 cm³/mol. The summed E-state index contributed by atoms with van der Waals surface area (Å²) < 4.78 is 1.06. The molecular weight excluding hydrogens is 352 g/mol. The van der Waals surface area contributed by atoms with Gasteiger partial charge in [-0.3, -0.25) is 4.79 Å². The highest BCUT2D eigenvalue weighted by Gasteiger charge is 2.47. The highest BCUT2D eigenvalue weighted by atomic mass is 79.9. The zero-order valence-electron chi connectivity index (χ0n) is 14.1. The van der Waals surface area contributed by atoms with Crippen LogP contribution in [0.25, 0.3) is 0 Å². The van der Waals surface area contributed by atoms with Crippen LogP contribution in [0.3, 0.4) is 0 Å². The largest absolute Gasteiger partial charge is 0.341 e. The zero-order valence-corrected chi connectivity index (χ0v) is 15.7. The number of nitrogens with zero attached hydrogens (tertiary/aromatic N) is 1. The molecule has 0 radical (unpaired) electrons. The monoisotopic (exact) mass is 378 g/mol. The first kappa shape index (κ1) is 17.0. The standard InChI is InChI=1S/C19H27BrN2O/c1-18(2)13-22(12-9-16(18)21)17(23)19(10-3-4-11-19)14-5-7-15(20)8-6-14/h5-8,16H,3-4,9-13,21H2,1-2H3. The van der Waals surface area contributed by atoms with Crippen molar-refractivity contribution in [3.8, 4) is 0 Å². The number of carbonyl (C=O) groups is 1. The quantitative estimate of drug-likeness (QED) is 0.849. The molecule has 1 heterocycles. The minimum atomic E-state index is -0.321. The maximum Gasteiger partial charge on any atom is 0.233 e. The van der Waals surface area contributed by atoms with Crippen molar-refractivity contribution in [2.24, 2.45) is 11.1 Å². The summed E-state index contributed by atoms with van der Waals surface area (Å²) in [7, 11) is 0. The molecule has 2 N–H and O–H groups in total. The number of rotatable bonds is 2. The Morgan fingerprint density at radius 3 is 2.39 bits per heavy atom. The van der Waals surface area contributed by atoms with Gasteiger partial charge in [-0.1, -0.05) is 54.8 Å². The van der Waals surface area contributed by atoms with E-state index in [2.05, 4.69) is 58.9 Å². The molecule has 3 rings (SSSR count). The topological polar surface area (TPSA) is 46.3 Å². The Bertz CT molecular complexity index is 576. The third-order valence-corrected chi connectivity index (χ3v) is 6.39. The Morgan fingerprint density at radius 2 is 1.83 bits per heavy atom. The maximum absolute atomic E-state index is 13.5. The number of likely N-dealkylation sites (tertiary alicyclic amines) is 1. The molecule has 1 aromatic rings. The predicted octanol–water partition coefficient (Wildman–Crippen LogP) is 3.85. The van der Waals surface area contributed by atoms with E-state index in [1.807, 2.05) is 0 Å². The summed E-state index contributed by atoms with van der Waals surface area (Å²) in [6.45, 7) is 5.92. The van der Waals surface area contributed by atoms with Crippen LogP contribution in [0.4, 0.5) is 0 Å². The number of halogens is 1. The lowest BCUT2D eigenvalue weighted by molar-refractivity contribution is -0.140. The van der Waals surface area contributed by atoms with Crippen LogP contribution in [-0.2, 0) is 10.2 Å². The number of piperidine rings is 1. The fourth-order valence-corrected chi connectivity index (χ4v) is 4.49. The van der Waals surface area contributed by atoms with Crippen molar-refractivity contribution in [3.05, 3.63) is 34.3 Å². The van der Waals surface area contributed by atoms with Gasteiger partial charge in [0.2, 0.25) is 5.91 Å². The van der Waals surface area contributed by atoms with E-state index >= 15 is 0 Å². The summed E-state index contributed by atoms with van der Waals surface area (Å²) in [5, 5.41) is 0. The first-order valence-electron chi connectivity index (χ1n) is 8.66. The molecule has 1 unspecified atom stereocenters. The lowest BCUT2D eigenvalue weighted by Crippen LogP contribution is -2.57. The van der Waals surface area contributed by atoms with E-state index in [9.17, 15) is 4.79 Å². The van der Waals surface area contributed by atoms with E-state index in [0.29, 0.717) is 5.91 Å². The average Bonchev–Trinajstić information content (AvgIpc) is 3.01. The van der Waals surface area contributed by atoms with Crippen LogP contribution in [0.5, 0.6) is 0 Å². The first-order chi connectivity index (χ1) is 10.8. The molecular formula is C19H27BrN2O. The van der Waals surface area contributed by atoms with Gasteiger partial charge in [-0.2, -0.15) is 0 Å². The summed E-state index contributed by atoms with van der Waals surface area (Å²) in [6, 6.07) is 8.53. The molecule has 1 aromatic carbocycles. The van der Waals surface area contributed by atoms with Crippen LogP contribution in [0.1, 0.15) is 51.5 Å². The third-order valence-electron chi connectivity index (χ3n) is 5.86. The molecule has 0 spiro atoms. The lowest BCUT2D eigenvalue weighted by atomic mass is 9.75. The fourth-order valence-electron chi connectivity index (χ4n) is 4.22. The maximum atomic E-state index is 13.5. The normalized spacial score (nSPS) is 26.3. The van der Waals surface area contributed by atoms with Gasteiger partial charge in [0, 0.05) is 23.6 Å². The highest BCUT2D eigenvalue weighted by Crippen LogP contribution is 2.44. The molecule has 1 aliphatic heterocycles. The van der Waals surface area contributed by atoms with Gasteiger partial charge in [-0.15, -0.1) is 0 Å². The fraction of sp³-hybridized carbons (Fsp3) is 0.632. The molecule has 1 saturated heterocycles. The van der Waals surface area contributed by atoms with Gasteiger partial charge in [0.05, 0.1) is 5.41 Å². The van der Waals surface area contributed by atoms with Gasteiger partial charge in [0.1, 0.15) is 0 Å². The Morgan fingerprint density at radius 1 is 1.22 bits per heavy atom. The second-order valence-electron chi connectivity index (χ2n) is 7.91. The molecule has 0 bridgehead atoms. The molecule has 1 aliphatic carbocycles.